The fourth-order valence-corrected chi connectivity index (χ4v) is 4.73. The normalized spacial score (nSPS) is 16.7. The van der Waals surface area contributed by atoms with Crippen LogP contribution in [0.5, 0.6) is 5.75 Å². The number of esters is 1. The molecule has 1 fully saturated rings. The highest BCUT2D eigenvalue weighted by molar-refractivity contribution is 7.41. The summed E-state index contributed by atoms with van der Waals surface area (Å²) in [6.45, 7) is 3.89. The number of benzene rings is 1. The summed E-state index contributed by atoms with van der Waals surface area (Å²) < 4.78 is 26.4. The highest BCUT2D eigenvalue weighted by Gasteiger charge is 2.32. The van der Waals surface area contributed by atoms with E-state index in [1.807, 2.05) is 13.0 Å². The second-order valence-electron chi connectivity index (χ2n) is 8.24. The van der Waals surface area contributed by atoms with Crippen molar-refractivity contribution in [1.82, 2.24) is 24.4 Å². The van der Waals surface area contributed by atoms with E-state index in [0.29, 0.717) is 29.3 Å². The predicted octanol–water partition coefficient (Wildman–Crippen LogP) is 3.03. The van der Waals surface area contributed by atoms with Crippen LogP contribution in [0.25, 0.3) is 11.2 Å². The Hall–Kier alpha value is -3.01. The summed E-state index contributed by atoms with van der Waals surface area (Å²) in [7, 11) is -2.65. The van der Waals surface area contributed by atoms with Crippen LogP contribution in [0.1, 0.15) is 33.1 Å². The zero-order chi connectivity index (χ0) is 24.1. The minimum Gasteiger partial charge on any atom is -0.461 e. The van der Waals surface area contributed by atoms with Gasteiger partial charge in [0.15, 0.2) is 19.4 Å². The number of imidazole rings is 1. The molecule has 1 aliphatic carbocycles. The van der Waals surface area contributed by atoms with Gasteiger partial charge in [-0.15, -0.1) is 0 Å². The van der Waals surface area contributed by atoms with Gasteiger partial charge in [-0.3, -0.25) is 4.79 Å². The molecule has 1 aromatic carbocycles. The third-order valence-corrected chi connectivity index (χ3v) is 6.98. The van der Waals surface area contributed by atoms with Gasteiger partial charge in [0.25, 0.3) is 0 Å². The summed E-state index contributed by atoms with van der Waals surface area (Å²) in [5.41, 5.74) is 6.95. The quantitative estimate of drug-likeness (QED) is 0.244. The molecule has 2 N–H and O–H groups in total. The van der Waals surface area contributed by atoms with E-state index >= 15 is 0 Å². The molecule has 0 spiro atoms. The fraction of sp³-hybridized carbons (Fsp3) is 0.455. The van der Waals surface area contributed by atoms with E-state index in [4.69, 9.17) is 20.0 Å². The number of aromatic nitrogens is 4. The molecule has 3 unspecified atom stereocenters. The number of nitrogens with two attached hydrogens (primary N) is 1. The van der Waals surface area contributed by atoms with Gasteiger partial charge in [0.1, 0.15) is 36.1 Å². The summed E-state index contributed by atoms with van der Waals surface area (Å²) in [6.07, 6.45) is 5.24. The summed E-state index contributed by atoms with van der Waals surface area (Å²) in [6, 6.07) is 8.04. The minimum atomic E-state index is -2.65. The molecule has 4 rings (SSSR count). The van der Waals surface area contributed by atoms with E-state index in [2.05, 4.69) is 15.0 Å². The molecule has 3 atom stereocenters. The van der Waals surface area contributed by atoms with Crippen LogP contribution in [-0.4, -0.2) is 54.9 Å². The van der Waals surface area contributed by atoms with Gasteiger partial charge in [-0.25, -0.2) is 15.0 Å². The Morgan fingerprint density at radius 3 is 2.71 bits per heavy atom. The predicted molar refractivity (Wildman–Crippen MR) is 126 cm³/mol. The zero-order valence-electron chi connectivity index (χ0n) is 19.2. The number of para-hydroxylation sites is 1. The molecule has 0 bridgehead atoms. The van der Waals surface area contributed by atoms with E-state index in [-0.39, 0.29) is 18.6 Å². The third-order valence-electron chi connectivity index (χ3n) is 5.60. The number of nitrogens with zero attached hydrogens (tertiary/aromatic N) is 5. The second-order valence-corrected chi connectivity index (χ2v) is 9.76. The maximum atomic E-state index is 13.2. The van der Waals surface area contributed by atoms with Crippen LogP contribution in [0.4, 0.5) is 5.82 Å². The number of rotatable bonds is 11. The van der Waals surface area contributed by atoms with Crippen molar-refractivity contribution in [2.24, 2.45) is 0 Å². The van der Waals surface area contributed by atoms with E-state index < -0.39 is 20.0 Å². The topological polar surface area (TPSA) is 135 Å². The van der Waals surface area contributed by atoms with Crippen molar-refractivity contribution in [3.05, 3.63) is 43.0 Å². The standard InChI is InChI=1S/C22H29N6O5P/c1-15(11-27-13-26-19-20(23)24-12-25-21(19)27)31-14-34(30)28(33-18-7-4-3-5-8-18)16(2)22(29)32-17-9-6-10-17/h3-5,7-8,12-13,15-17,34H,6,9-11,14H2,1-2H3,(H2,23,24,25). The number of carbonyl (C=O) groups excluding carboxylic acids is 1. The number of hydroxylamine groups is 1. The molecular weight excluding hydrogens is 459 g/mol. The first-order valence-electron chi connectivity index (χ1n) is 11.2. The van der Waals surface area contributed by atoms with Crippen molar-refractivity contribution in [3.63, 3.8) is 0 Å². The molecule has 0 radical (unpaired) electrons. The smallest absolute Gasteiger partial charge is 0.327 e. The monoisotopic (exact) mass is 488 g/mol. The lowest BCUT2D eigenvalue weighted by molar-refractivity contribution is -0.163. The highest BCUT2D eigenvalue weighted by Crippen LogP contribution is 2.33. The Kier molecular flexibility index (Phi) is 7.77. The Bertz CT molecular complexity index is 1140. The summed E-state index contributed by atoms with van der Waals surface area (Å²) in [5, 5.41) is 0. The average molecular weight is 488 g/mol. The molecule has 11 nitrogen and oxygen atoms in total. The number of hydrogen-bond acceptors (Lipinski definition) is 9. The zero-order valence-corrected chi connectivity index (χ0v) is 20.2. The molecule has 182 valence electrons. The number of fused-ring (bicyclic) bond motifs is 1. The molecule has 0 aliphatic heterocycles. The van der Waals surface area contributed by atoms with Crippen molar-refractivity contribution in [3.8, 4) is 5.75 Å². The van der Waals surface area contributed by atoms with E-state index in [1.165, 1.54) is 11.2 Å². The van der Waals surface area contributed by atoms with E-state index in [0.717, 1.165) is 19.3 Å². The van der Waals surface area contributed by atoms with Crippen molar-refractivity contribution >= 4 is 30.9 Å². The molecule has 2 aromatic heterocycles. The molecular formula is C22H29N6O5P. The second kappa shape index (κ2) is 10.9. The van der Waals surface area contributed by atoms with Gasteiger partial charge in [0, 0.05) is 0 Å². The molecule has 2 heterocycles. The molecule has 0 amide bonds. The average Bonchev–Trinajstić information content (AvgIpc) is 3.22. The summed E-state index contributed by atoms with van der Waals surface area (Å²) in [4.78, 5) is 32.1. The lowest BCUT2D eigenvalue weighted by Gasteiger charge is -2.30. The molecule has 12 heteroatoms. The molecule has 34 heavy (non-hydrogen) atoms. The number of carbonyl (C=O) groups is 1. The SMILES string of the molecule is CC(Cn1cnc2c(N)ncnc21)OC[PH](=O)N(Oc1ccccc1)C(C)C(=O)OC1CCC1. The lowest BCUT2D eigenvalue weighted by atomic mass is 9.96. The van der Waals surface area contributed by atoms with Gasteiger partial charge in [0.2, 0.25) is 0 Å². The highest BCUT2D eigenvalue weighted by atomic mass is 31.1. The Morgan fingerprint density at radius 2 is 2.00 bits per heavy atom. The largest absolute Gasteiger partial charge is 0.461 e. The lowest BCUT2D eigenvalue weighted by Crippen LogP contribution is -2.40. The Labute approximate surface area is 198 Å². The minimum absolute atomic E-state index is 0.0741. The summed E-state index contributed by atoms with van der Waals surface area (Å²) in [5.74, 6) is 0.312. The van der Waals surface area contributed by atoms with Gasteiger partial charge in [0.05, 0.1) is 19.0 Å². The van der Waals surface area contributed by atoms with Gasteiger partial charge < -0.3 is 29.2 Å². The molecule has 1 aliphatic rings. The van der Waals surface area contributed by atoms with Crippen LogP contribution in [0.3, 0.4) is 0 Å². The fourth-order valence-electron chi connectivity index (χ4n) is 3.43. The van der Waals surface area contributed by atoms with Crippen LogP contribution in [0.15, 0.2) is 43.0 Å². The Balaban J connectivity index is 1.39. The van der Waals surface area contributed by atoms with E-state index in [1.54, 1.807) is 42.1 Å². The molecule has 3 aromatic rings. The third kappa shape index (κ3) is 5.72. The first kappa shape index (κ1) is 24.1. The Morgan fingerprint density at radius 1 is 1.24 bits per heavy atom. The van der Waals surface area contributed by atoms with Crippen LogP contribution in [0, 0.1) is 0 Å². The van der Waals surface area contributed by atoms with Crippen LogP contribution in [0.2, 0.25) is 0 Å². The van der Waals surface area contributed by atoms with Gasteiger partial charge in [-0.1, -0.05) is 23.0 Å². The number of ether oxygens (including phenoxy) is 2. The van der Waals surface area contributed by atoms with Crippen LogP contribution in [-0.2, 0) is 25.4 Å². The van der Waals surface area contributed by atoms with Crippen molar-refractivity contribution in [2.45, 2.75) is 57.9 Å². The number of nitrogen functional groups attached to an aromatic ring is 1. The molecule has 1 saturated carbocycles. The van der Waals surface area contributed by atoms with Crippen LogP contribution < -0.4 is 10.6 Å². The van der Waals surface area contributed by atoms with Crippen molar-refractivity contribution < 1.29 is 23.7 Å². The maximum absolute atomic E-state index is 13.2. The van der Waals surface area contributed by atoms with Gasteiger partial charge in [-0.05, 0) is 45.2 Å². The van der Waals surface area contributed by atoms with Crippen molar-refractivity contribution in [2.75, 3.05) is 12.1 Å². The number of anilines is 1. The summed E-state index contributed by atoms with van der Waals surface area (Å²) >= 11 is 0. The first-order chi connectivity index (χ1) is 16.4. The van der Waals surface area contributed by atoms with Gasteiger partial charge in [-0.2, -0.15) is 0 Å². The molecule has 0 saturated heterocycles. The first-order valence-corrected chi connectivity index (χ1v) is 12.8. The van der Waals surface area contributed by atoms with Crippen LogP contribution >= 0.6 is 7.95 Å². The van der Waals surface area contributed by atoms with E-state index in [9.17, 15) is 9.36 Å². The van der Waals surface area contributed by atoms with Gasteiger partial charge >= 0.3 is 5.97 Å². The number of hydrogen-bond donors (Lipinski definition) is 1. The maximum Gasteiger partial charge on any atom is 0.327 e. The van der Waals surface area contributed by atoms with Crippen molar-refractivity contribution in [1.29, 1.82) is 0 Å².